The molecule has 5 nitrogen and oxygen atoms in total. The highest BCUT2D eigenvalue weighted by Crippen LogP contribution is 2.22. The van der Waals surface area contributed by atoms with Crippen LogP contribution in [-0.4, -0.2) is 56.0 Å². The maximum Gasteiger partial charge on any atom is 0.214 e. The zero-order chi connectivity index (χ0) is 13.7. The Balaban J connectivity index is 1.73. The van der Waals surface area contributed by atoms with E-state index < -0.39 is 16.1 Å². The highest BCUT2D eigenvalue weighted by atomic mass is 32.2. The van der Waals surface area contributed by atoms with Gasteiger partial charge < -0.3 is 10.0 Å². The number of sulfonamides is 1. The van der Waals surface area contributed by atoms with Crippen molar-refractivity contribution in [3.63, 3.8) is 0 Å². The maximum absolute atomic E-state index is 12.1. The van der Waals surface area contributed by atoms with Crippen LogP contribution in [0.25, 0.3) is 0 Å². The van der Waals surface area contributed by atoms with Gasteiger partial charge in [0.15, 0.2) is 0 Å². The molecular weight excluding hydrogens is 264 g/mol. The Kier molecular flexibility index (Phi) is 5.62. The van der Waals surface area contributed by atoms with Crippen LogP contribution in [0.4, 0.5) is 0 Å². The smallest absolute Gasteiger partial charge is 0.214 e. The molecule has 1 atom stereocenters. The van der Waals surface area contributed by atoms with Crippen molar-refractivity contribution in [2.45, 2.75) is 56.3 Å². The molecule has 2 rings (SSSR count). The lowest BCUT2D eigenvalue weighted by Gasteiger charge is -2.24. The SMILES string of the molecule is O=S(=O)(NCC(O)CN1CCCC1)C1CCCCC1. The van der Waals surface area contributed by atoms with Crippen LogP contribution in [0.3, 0.4) is 0 Å². The predicted molar refractivity (Wildman–Crippen MR) is 75.5 cm³/mol. The van der Waals surface area contributed by atoms with E-state index in [1.54, 1.807) is 0 Å². The molecule has 2 aliphatic rings. The summed E-state index contributed by atoms with van der Waals surface area (Å²) in [6, 6.07) is 0. The first-order valence-corrected chi connectivity index (χ1v) is 9.01. The Hall–Kier alpha value is -0.170. The minimum atomic E-state index is -3.24. The molecule has 1 unspecified atom stereocenters. The number of aliphatic hydroxyl groups excluding tert-OH is 1. The highest BCUT2D eigenvalue weighted by molar-refractivity contribution is 7.90. The normalized spacial score (nSPS) is 24.7. The van der Waals surface area contributed by atoms with E-state index in [0.717, 1.165) is 45.2 Å². The van der Waals surface area contributed by atoms with Crippen molar-refractivity contribution in [2.24, 2.45) is 0 Å². The first-order valence-electron chi connectivity index (χ1n) is 7.47. The van der Waals surface area contributed by atoms with Gasteiger partial charge in [0.2, 0.25) is 10.0 Å². The number of hydrogen-bond acceptors (Lipinski definition) is 4. The predicted octanol–water partition coefficient (Wildman–Crippen LogP) is 0.695. The van der Waals surface area contributed by atoms with E-state index >= 15 is 0 Å². The number of hydrogen-bond donors (Lipinski definition) is 2. The van der Waals surface area contributed by atoms with Crippen LogP contribution in [0, 0.1) is 0 Å². The summed E-state index contributed by atoms with van der Waals surface area (Å²) >= 11 is 0. The second-order valence-electron chi connectivity index (χ2n) is 5.82. The molecule has 2 fully saturated rings. The summed E-state index contributed by atoms with van der Waals surface area (Å²) in [7, 11) is -3.24. The summed E-state index contributed by atoms with van der Waals surface area (Å²) in [5, 5.41) is 9.65. The standard InChI is InChI=1S/C13H26N2O3S/c16-12(11-15-8-4-5-9-15)10-14-19(17,18)13-6-2-1-3-7-13/h12-14,16H,1-11H2. The van der Waals surface area contributed by atoms with Crippen molar-refractivity contribution in [3.8, 4) is 0 Å². The fraction of sp³-hybridized carbons (Fsp3) is 1.00. The summed E-state index contributed by atoms with van der Waals surface area (Å²) in [5.74, 6) is 0. The van der Waals surface area contributed by atoms with Gasteiger partial charge in [0, 0.05) is 13.1 Å². The third-order valence-corrected chi connectivity index (χ3v) is 6.10. The zero-order valence-electron chi connectivity index (χ0n) is 11.6. The minimum Gasteiger partial charge on any atom is -0.390 e. The molecule has 1 saturated carbocycles. The fourth-order valence-electron chi connectivity index (χ4n) is 3.03. The van der Waals surface area contributed by atoms with E-state index in [1.165, 1.54) is 12.8 Å². The molecule has 1 heterocycles. The van der Waals surface area contributed by atoms with E-state index in [-0.39, 0.29) is 11.8 Å². The summed E-state index contributed by atoms with van der Waals surface area (Å²) < 4.78 is 26.8. The number of β-amino-alcohol motifs (C(OH)–C–C–N with tert-alkyl or cyclic N) is 1. The highest BCUT2D eigenvalue weighted by Gasteiger charge is 2.27. The van der Waals surface area contributed by atoms with Gasteiger partial charge in [-0.1, -0.05) is 19.3 Å². The van der Waals surface area contributed by atoms with Crippen molar-refractivity contribution < 1.29 is 13.5 Å². The monoisotopic (exact) mass is 290 g/mol. The lowest BCUT2D eigenvalue weighted by molar-refractivity contribution is 0.128. The molecule has 112 valence electrons. The molecule has 2 N–H and O–H groups in total. The Morgan fingerprint density at radius 1 is 1.11 bits per heavy atom. The molecule has 0 bridgehead atoms. The van der Waals surface area contributed by atoms with Crippen LogP contribution in [0.2, 0.25) is 0 Å². The number of rotatable bonds is 6. The molecule has 1 aliphatic heterocycles. The van der Waals surface area contributed by atoms with Crippen LogP contribution in [0.1, 0.15) is 44.9 Å². The van der Waals surface area contributed by atoms with Crippen molar-refractivity contribution in [1.29, 1.82) is 0 Å². The van der Waals surface area contributed by atoms with Gasteiger partial charge in [-0.3, -0.25) is 0 Å². The molecule has 0 amide bonds. The Labute approximate surface area is 116 Å². The van der Waals surface area contributed by atoms with Gasteiger partial charge in [0.1, 0.15) is 0 Å². The molecule has 6 heteroatoms. The van der Waals surface area contributed by atoms with Gasteiger partial charge in [-0.25, -0.2) is 13.1 Å². The van der Waals surface area contributed by atoms with Gasteiger partial charge in [-0.15, -0.1) is 0 Å². The molecule has 1 aliphatic carbocycles. The first-order chi connectivity index (χ1) is 9.08. The van der Waals surface area contributed by atoms with E-state index in [9.17, 15) is 13.5 Å². The van der Waals surface area contributed by atoms with E-state index in [2.05, 4.69) is 9.62 Å². The first kappa shape index (κ1) is 15.2. The van der Waals surface area contributed by atoms with Crippen molar-refractivity contribution in [1.82, 2.24) is 9.62 Å². The summed E-state index contributed by atoms with van der Waals surface area (Å²) in [4.78, 5) is 2.19. The number of nitrogens with one attached hydrogen (secondary N) is 1. The summed E-state index contributed by atoms with van der Waals surface area (Å²) in [5.41, 5.74) is 0. The van der Waals surface area contributed by atoms with Crippen LogP contribution in [-0.2, 0) is 10.0 Å². The van der Waals surface area contributed by atoms with Gasteiger partial charge in [0.25, 0.3) is 0 Å². The van der Waals surface area contributed by atoms with Crippen LogP contribution < -0.4 is 4.72 Å². The van der Waals surface area contributed by atoms with Crippen LogP contribution in [0.5, 0.6) is 0 Å². The van der Waals surface area contributed by atoms with E-state index in [4.69, 9.17) is 0 Å². The lowest BCUT2D eigenvalue weighted by atomic mass is 10.0. The Morgan fingerprint density at radius 2 is 1.74 bits per heavy atom. The molecule has 1 saturated heterocycles. The van der Waals surface area contributed by atoms with Crippen molar-refractivity contribution in [2.75, 3.05) is 26.2 Å². The largest absolute Gasteiger partial charge is 0.390 e. The lowest BCUT2D eigenvalue weighted by Crippen LogP contribution is -2.42. The molecule has 0 radical (unpaired) electrons. The fourth-order valence-corrected chi connectivity index (χ4v) is 4.65. The Bertz CT molecular complexity index is 360. The van der Waals surface area contributed by atoms with Gasteiger partial charge >= 0.3 is 0 Å². The molecular formula is C13H26N2O3S. The molecule has 19 heavy (non-hydrogen) atoms. The van der Waals surface area contributed by atoms with Gasteiger partial charge in [0.05, 0.1) is 11.4 Å². The van der Waals surface area contributed by atoms with Crippen LogP contribution >= 0.6 is 0 Å². The molecule has 0 aromatic rings. The average Bonchev–Trinajstić information content (AvgIpc) is 2.90. The average molecular weight is 290 g/mol. The molecule has 0 aromatic carbocycles. The topological polar surface area (TPSA) is 69.6 Å². The number of nitrogens with zero attached hydrogens (tertiary/aromatic N) is 1. The van der Waals surface area contributed by atoms with Gasteiger partial charge in [-0.2, -0.15) is 0 Å². The molecule has 0 aromatic heterocycles. The third-order valence-electron chi connectivity index (χ3n) is 4.18. The Morgan fingerprint density at radius 3 is 2.37 bits per heavy atom. The summed E-state index contributed by atoms with van der Waals surface area (Å²) in [6.45, 7) is 2.77. The van der Waals surface area contributed by atoms with E-state index in [1.807, 2.05) is 0 Å². The zero-order valence-corrected chi connectivity index (χ0v) is 12.4. The second kappa shape index (κ2) is 7.02. The van der Waals surface area contributed by atoms with Crippen molar-refractivity contribution in [3.05, 3.63) is 0 Å². The van der Waals surface area contributed by atoms with Crippen molar-refractivity contribution >= 4 is 10.0 Å². The van der Waals surface area contributed by atoms with Crippen LogP contribution in [0.15, 0.2) is 0 Å². The summed E-state index contributed by atoms with van der Waals surface area (Å²) in [6.07, 6.45) is 6.43. The van der Waals surface area contributed by atoms with E-state index in [0.29, 0.717) is 6.54 Å². The second-order valence-corrected chi connectivity index (χ2v) is 7.86. The maximum atomic E-state index is 12.1. The quantitative estimate of drug-likeness (QED) is 0.755. The number of likely N-dealkylation sites (tertiary alicyclic amines) is 1. The molecule has 0 spiro atoms. The van der Waals surface area contributed by atoms with Gasteiger partial charge in [-0.05, 0) is 38.8 Å². The number of aliphatic hydroxyl groups is 1. The third kappa shape index (κ3) is 4.70. The minimum absolute atomic E-state index is 0.148.